The van der Waals surface area contributed by atoms with Crippen LogP contribution in [0.5, 0.6) is 5.75 Å². The average molecular weight is 279 g/mol. The zero-order chi connectivity index (χ0) is 12.2. The number of hydrogen-bond acceptors (Lipinski definition) is 3. The van der Waals surface area contributed by atoms with Crippen molar-refractivity contribution in [1.29, 1.82) is 0 Å². The summed E-state index contributed by atoms with van der Waals surface area (Å²) < 4.78 is 5.89. The third-order valence-electron chi connectivity index (χ3n) is 3.50. The maximum atomic E-state index is 5.89. The van der Waals surface area contributed by atoms with Crippen LogP contribution in [0, 0.1) is 5.92 Å². The van der Waals surface area contributed by atoms with Gasteiger partial charge >= 0.3 is 0 Å². The fourth-order valence-corrected chi connectivity index (χ4v) is 2.43. The first-order valence-corrected chi connectivity index (χ1v) is 6.59. The molecular weight excluding hydrogens is 260 g/mol. The number of aromatic nitrogens is 1. The minimum absolute atomic E-state index is 0. The van der Waals surface area contributed by atoms with Crippen LogP contribution in [0.15, 0.2) is 36.7 Å². The van der Waals surface area contributed by atoms with Crippen LogP contribution in [0.3, 0.4) is 0 Å². The molecule has 1 unspecified atom stereocenters. The van der Waals surface area contributed by atoms with Gasteiger partial charge in [-0.3, -0.25) is 4.98 Å². The van der Waals surface area contributed by atoms with Crippen LogP contribution in [0.4, 0.5) is 0 Å². The van der Waals surface area contributed by atoms with Gasteiger partial charge in [0.05, 0.1) is 6.61 Å². The van der Waals surface area contributed by atoms with E-state index in [-0.39, 0.29) is 12.4 Å². The number of fused-ring (bicyclic) bond motifs is 1. The van der Waals surface area contributed by atoms with Crippen molar-refractivity contribution in [3.8, 4) is 5.75 Å². The van der Waals surface area contributed by atoms with Gasteiger partial charge in [-0.05, 0) is 49.0 Å². The second-order valence-electron chi connectivity index (χ2n) is 4.91. The maximum absolute atomic E-state index is 5.89. The summed E-state index contributed by atoms with van der Waals surface area (Å²) in [5, 5.41) is 5.75. The van der Waals surface area contributed by atoms with E-state index in [1.54, 1.807) is 0 Å². The van der Waals surface area contributed by atoms with Crippen LogP contribution >= 0.6 is 12.4 Å². The van der Waals surface area contributed by atoms with E-state index in [9.17, 15) is 0 Å². The molecule has 0 amide bonds. The lowest BCUT2D eigenvalue weighted by Gasteiger charge is -2.22. The Balaban J connectivity index is 0.00000133. The third kappa shape index (κ3) is 3.58. The Morgan fingerprint density at radius 2 is 2.21 bits per heavy atom. The Labute approximate surface area is 119 Å². The Morgan fingerprint density at radius 3 is 3.05 bits per heavy atom. The van der Waals surface area contributed by atoms with Crippen LogP contribution in [0.1, 0.15) is 12.8 Å². The van der Waals surface area contributed by atoms with E-state index < -0.39 is 0 Å². The fraction of sp³-hybridized carbons (Fsp3) is 0.400. The first kappa shape index (κ1) is 14.1. The first-order valence-electron chi connectivity index (χ1n) is 6.59. The van der Waals surface area contributed by atoms with E-state index in [0.717, 1.165) is 30.8 Å². The molecule has 3 nitrogen and oxygen atoms in total. The maximum Gasteiger partial charge on any atom is 0.119 e. The summed E-state index contributed by atoms with van der Waals surface area (Å²) in [6, 6.07) is 8.20. The molecule has 1 saturated heterocycles. The van der Waals surface area contributed by atoms with E-state index >= 15 is 0 Å². The Kier molecular flexibility index (Phi) is 5.00. The molecule has 4 heteroatoms. The summed E-state index contributed by atoms with van der Waals surface area (Å²) in [4.78, 5) is 4.11. The number of nitrogens with zero attached hydrogens (tertiary/aromatic N) is 1. The molecule has 1 N–H and O–H groups in total. The minimum atomic E-state index is 0. The van der Waals surface area contributed by atoms with E-state index in [1.807, 2.05) is 24.5 Å². The van der Waals surface area contributed by atoms with E-state index in [0.29, 0.717) is 5.92 Å². The summed E-state index contributed by atoms with van der Waals surface area (Å²) in [7, 11) is 0. The van der Waals surface area contributed by atoms with E-state index in [1.165, 1.54) is 18.2 Å². The first-order chi connectivity index (χ1) is 8.92. The van der Waals surface area contributed by atoms with E-state index in [2.05, 4.69) is 22.4 Å². The van der Waals surface area contributed by atoms with Crippen LogP contribution in [-0.2, 0) is 0 Å². The summed E-state index contributed by atoms with van der Waals surface area (Å²) in [5.41, 5.74) is 0. The van der Waals surface area contributed by atoms with Crippen LogP contribution in [-0.4, -0.2) is 24.7 Å². The highest BCUT2D eigenvalue weighted by Gasteiger charge is 2.13. The molecule has 1 atom stereocenters. The molecule has 1 fully saturated rings. The Bertz CT molecular complexity index is 526. The topological polar surface area (TPSA) is 34.1 Å². The van der Waals surface area contributed by atoms with Gasteiger partial charge < -0.3 is 10.1 Å². The SMILES string of the molecule is Cl.c1cc2cc(OCC3CCCNC3)ccc2cn1. The molecule has 3 rings (SSSR count). The van der Waals surface area contributed by atoms with Crippen molar-refractivity contribution in [2.24, 2.45) is 5.92 Å². The number of halogens is 1. The quantitative estimate of drug-likeness (QED) is 0.937. The normalized spacial score (nSPS) is 18.8. The molecule has 1 aliphatic heterocycles. The highest BCUT2D eigenvalue weighted by Crippen LogP contribution is 2.21. The summed E-state index contributed by atoms with van der Waals surface area (Å²) in [5.74, 6) is 1.60. The van der Waals surface area contributed by atoms with Gasteiger partial charge in [-0.2, -0.15) is 0 Å². The molecule has 1 aromatic carbocycles. The number of pyridine rings is 1. The smallest absolute Gasteiger partial charge is 0.119 e. The lowest BCUT2D eigenvalue weighted by molar-refractivity contribution is 0.218. The number of ether oxygens (including phenoxy) is 1. The number of piperidine rings is 1. The van der Waals surface area contributed by atoms with Gasteiger partial charge in [0.2, 0.25) is 0 Å². The molecule has 0 spiro atoms. The molecule has 0 bridgehead atoms. The van der Waals surface area contributed by atoms with Gasteiger partial charge in [0, 0.05) is 30.2 Å². The molecule has 2 aromatic rings. The molecule has 1 aliphatic rings. The molecule has 19 heavy (non-hydrogen) atoms. The van der Waals surface area contributed by atoms with Gasteiger partial charge in [0.1, 0.15) is 5.75 Å². The zero-order valence-electron chi connectivity index (χ0n) is 10.8. The second-order valence-corrected chi connectivity index (χ2v) is 4.91. The molecule has 0 radical (unpaired) electrons. The Hall–Kier alpha value is -1.32. The summed E-state index contributed by atoms with van der Waals surface area (Å²) in [6.45, 7) is 3.04. The second kappa shape index (κ2) is 6.73. The van der Waals surface area contributed by atoms with Crippen molar-refractivity contribution in [1.82, 2.24) is 10.3 Å². The van der Waals surface area contributed by atoms with Crippen molar-refractivity contribution < 1.29 is 4.74 Å². The number of hydrogen-bond donors (Lipinski definition) is 1. The van der Waals surface area contributed by atoms with Crippen LogP contribution in [0.25, 0.3) is 10.8 Å². The zero-order valence-corrected chi connectivity index (χ0v) is 11.7. The third-order valence-corrected chi connectivity index (χ3v) is 3.50. The predicted molar refractivity (Wildman–Crippen MR) is 80.1 cm³/mol. The van der Waals surface area contributed by atoms with Gasteiger partial charge in [-0.15, -0.1) is 12.4 Å². The average Bonchev–Trinajstić information content (AvgIpc) is 2.46. The van der Waals surface area contributed by atoms with Crippen molar-refractivity contribution in [3.05, 3.63) is 36.7 Å². The summed E-state index contributed by atoms with van der Waals surface area (Å²) in [6.07, 6.45) is 6.23. The molecule has 102 valence electrons. The molecule has 0 aliphatic carbocycles. The summed E-state index contributed by atoms with van der Waals surface area (Å²) >= 11 is 0. The largest absolute Gasteiger partial charge is 0.493 e. The monoisotopic (exact) mass is 278 g/mol. The van der Waals surface area contributed by atoms with Crippen molar-refractivity contribution in [2.75, 3.05) is 19.7 Å². The predicted octanol–water partition coefficient (Wildman–Crippen LogP) is 3.04. The van der Waals surface area contributed by atoms with E-state index in [4.69, 9.17) is 4.74 Å². The minimum Gasteiger partial charge on any atom is -0.493 e. The van der Waals surface area contributed by atoms with Gasteiger partial charge in [-0.1, -0.05) is 0 Å². The van der Waals surface area contributed by atoms with Crippen molar-refractivity contribution in [3.63, 3.8) is 0 Å². The Morgan fingerprint density at radius 1 is 1.26 bits per heavy atom. The van der Waals surface area contributed by atoms with Crippen LogP contribution in [0.2, 0.25) is 0 Å². The number of benzene rings is 1. The van der Waals surface area contributed by atoms with Gasteiger partial charge in [-0.25, -0.2) is 0 Å². The van der Waals surface area contributed by atoms with Gasteiger partial charge in [0.25, 0.3) is 0 Å². The molecule has 2 heterocycles. The lowest BCUT2D eigenvalue weighted by atomic mass is 10.0. The van der Waals surface area contributed by atoms with Crippen LogP contribution < -0.4 is 10.1 Å². The van der Waals surface area contributed by atoms with Crippen molar-refractivity contribution in [2.45, 2.75) is 12.8 Å². The highest BCUT2D eigenvalue weighted by molar-refractivity contribution is 5.85. The number of nitrogens with one attached hydrogen (secondary N) is 1. The highest BCUT2D eigenvalue weighted by atomic mass is 35.5. The number of rotatable bonds is 3. The van der Waals surface area contributed by atoms with Crippen molar-refractivity contribution >= 4 is 23.2 Å². The molecular formula is C15H19ClN2O. The lowest BCUT2D eigenvalue weighted by Crippen LogP contribution is -2.33. The fourth-order valence-electron chi connectivity index (χ4n) is 2.43. The molecule has 1 aromatic heterocycles. The standard InChI is InChI=1S/C15H18N2O.ClH/c1-2-12(9-16-6-1)11-18-15-4-3-14-10-17-7-5-13(14)8-15;/h3-5,7-8,10,12,16H,1-2,6,9,11H2;1H. The van der Waals surface area contributed by atoms with Gasteiger partial charge in [0.15, 0.2) is 0 Å². The molecule has 0 saturated carbocycles.